The lowest BCUT2D eigenvalue weighted by Gasteiger charge is -2.15. The number of nitrogen functional groups attached to an aromatic ring is 1. The van der Waals surface area contributed by atoms with E-state index in [2.05, 4.69) is 9.97 Å². The first-order valence-corrected chi connectivity index (χ1v) is 7.85. The summed E-state index contributed by atoms with van der Waals surface area (Å²) in [5.74, 6) is 0.453. The average Bonchev–Trinajstić information content (AvgIpc) is 2.82. The predicted octanol–water partition coefficient (Wildman–Crippen LogP) is -1.65. The van der Waals surface area contributed by atoms with Gasteiger partial charge in [0.05, 0.1) is 18.1 Å². The molecule has 124 valence electrons. The molecule has 10 heteroatoms. The third-order valence-corrected chi connectivity index (χ3v) is 4.78. The van der Waals surface area contributed by atoms with Crippen molar-refractivity contribution in [2.24, 2.45) is 0 Å². The summed E-state index contributed by atoms with van der Waals surface area (Å²) in [5, 5.41) is 29.3. The Bertz CT molecular complexity index is 770. The van der Waals surface area contributed by atoms with Crippen LogP contribution in [0.5, 0.6) is 0 Å². The number of nitrogens with two attached hydrogens (primary N) is 1. The van der Waals surface area contributed by atoms with E-state index in [1.165, 1.54) is 16.4 Å². The van der Waals surface area contributed by atoms with Crippen LogP contribution in [0, 0.1) is 0 Å². The van der Waals surface area contributed by atoms with Crippen LogP contribution in [-0.4, -0.2) is 66.0 Å². The monoisotopic (exact) mass is 340 g/mol. The van der Waals surface area contributed by atoms with Gasteiger partial charge in [-0.3, -0.25) is 4.79 Å². The lowest BCUT2D eigenvalue weighted by molar-refractivity contribution is -0.0162. The zero-order chi connectivity index (χ0) is 16.6. The number of hydrogen-bond donors (Lipinski definition) is 4. The van der Waals surface area contributed by atoms with Crippen molar-refractivity contribution in [1.29, 1.82) is 0 Å². The van der Waals surface area contributed by atoms with Crippen molar-refractivity contribution in [3.63, 3.8) is 0 Å². The molecule has 0 aromatic carbocycles. The van der Waals surface area contributed by atoms with Crippen molar-refractivity contribution in [2.45, 2.75) is 24.4 Å². The van der Waals surface area contributed by atoms with Crippen LogP contribution in [0.4, 0.5) is 5.82 Å². The van der Waals surface area contributed by atoms with E-state index in [9.17, 15) is 15.0 Å². The van der Waals surface area contributed by atoms with Crippen LogP contribution in [0.3, 0.4) is 0 Å². The minimum absolute atomic E-state index is 0.192. The lowest BCUT2D eigenvalue weighted by atomic mass is 10.1. The molecule has 9 nitrogen and oxygen atoms in total. The fraction of sp³-hybridized carbons (Fsp3) is 0.462. The molecule has 3 heterocycles. The van der Waals surface area contributed by atoms with Gasteiger partial charge >= 0.3 is 0 Å². The average molecular weight is 340 g/mol. The number of fused-ring (bicyclic) bond motifs is 1. The first-order valence-electron chi connectivity index (χ1n) is 6.91. The second-order valence-electron chi connectivity index (χ2n) is 5.13. The van der Waals surface area contributed by atoms with Crippen LogP contribution < -0.4 is 11.3 Å². The van der Waals surface area contributed by atoms with Gasteiger partial charge in [0, 0.05) is 11.8 Å². The van der Waals surface area contributed by atoms with Gasteiger partial charge in [-0.05, 0) is 18.0 Å². The van der Waals surface area contributed by atoms with Crippen LogP contribution in [0.2, 0.25) is 0 Å². The van der Waals surface area contributed by atoms with Gasteiger partial charge < -0.3 is 25.8 Å². The maximum Gasteiger partial charge on any atom is 0.262 e. The van der Waals surface area contributed by atoms with Crippen LogP contribution in [0.1, 0.15) is 0 Å². The van der Waals surface area contributed by atoms with Crippen molar-refractivity contribution < 1.29 is 20.1 Å². The number of rotatable bonds is 4. The van der Waals surface area contributed by atoms with Gasteiger partial charge in [-0.15, -0.1) is 0 Å². The van der Waals surface area contributed by atoms with Crippen molar-refractivity contribution >= 4 is 28.8 Å². The largest absolute Gasteiger partial charge is 0.394 e. The highest BCUT2D eigenvalue weighted by Gasteiger charge is 2.42. The van der Waals surface area contributed by atoms with Crippen molar-refractivity contribution in [3.05, 3.63) is 28.8 Å². The van der Waals surface area contributed by atoms with E-state index >= 15 is 0 Å². The normalized spacial score (nSPS) is 27.6. The molecular weight excluding hydrogens is 324 g/mol. The van der Waals surface area contributed by atoms with Crippen molar-refractivity contribution in [1.82, 2.24) is 13.9 Å². The summed E-state index contributed by atoms with van der Waals surface area (Å²) in [6.07, 6.45) is -2.58. The smallest absolute Gasteiger partial charge is 0.262 e. The highest BCUT2D eigenvalue weighted by molar-refractivity contribution is 7.98. The number of aliphatic hydroxyl groups is 3. The Kier molecular flexibility index (Phi) is 4.50. The van der Waals surface area contributed by atoms with E-state index in [4.69, 9.17) is 15.6 Å². The predicted molar refractivity (Wildman–Crippen MR) is 83.8 cm³/mol. The molecular formula is C13H16N4O5S. The van der Waals surface area contributed by atoms with E-state index in [1.807, 2.05) is 0 Å². The lowest BCUT2D eigenvalue weighted by Crippen LogP contribution is -2.34. The Morgan fingerprint density at radius 2 is 2.00 bits per heavy atom. The summed E-state index contributed by atoms with van der Waals surface area (Å²) in [7, 11) is 0. The molecule has 4 atom stereocenters. The van der Waals surface area contributed by atoms with Gasteiger partial charge in [0.1, 0.15) is 30.5 Å². The minimum Gasteiger partial charge on any atom is -0.394 e. The number of aliphatic hydroxyl groups excluding tert-OH is 3. The van der Waals surface area contributed by atoms with Gasteiger partial charge in [0.25, 0.3) is 5.56 Å². The molecule has 3 rings (SSSR count). The summed E-state index contributed by atoms with van der Waals surface area (Å²) < 4.78 is 6.72. The highest BCUT2D eigenvalue weighted by atomic mass is 32.2. The third kappa shape index (κ3) is 2.91. The second kappa shape index (κ2) is 6.42. The summed E-state index contributed by atoms with van der Waals surface area (Å²) in [6, 6.07) is 2.91. The van der Waals surface area contributed by atoms with Gasteiger partial charge in [-0.1, -0.05) is 0 Å². The molecule has 2 aromatic heterocycles. The summed E-state index contributed by atoms with van der Waals surface area (Å²) in [5.41, 5.74) is 5.83. The zero-order valence-electron chi connectivity index (χ0n) is 11.9. The van der Waals surface area contributed by atoms with Gasteiger partial charge in [0.15, 0.2) is 5.65 Å². The van der Waals surface area contributed by atoms with Crippen LogP contribution in [0.15, 0.2) is 23.3 Å². The number of nitrogens with zero attached hydrogens (tertiary/aromatic N) is 3. The Morgan fingerprint density at radius 1 is 1.26 bits per heavy atom. The molecule has 0 saturated carbocycles. The summed E-state index contributed by atoms with van der Waals surface area (Å²) in [4.78, 5) is 20.0. The Labute approximate surface area is 134 Å². The fourth-order valence-corrected chi connectivity index (χ4v) is 3.46. The molecule has 5 N–H and O–H groups in total. The molecule has 1 saturated heterocycles. The topological polar surface area (TPSA) is 144 Å². The van der Waals surface area contributed by atoms with E-state index in [1.54, 1.807) is 6.07 Å². The molecule has 1 aliphatic heterocycles. The molecule has 0 amide bonds. The summed E-state index contributed by atoms with van der Waals surface area (Å²) in [6.45, 7) is -0.392. The molecule has 2 aromatic rings. The molecule has 0 radical (unpaired) electrons. The van der Waals surface area contributed by atoms with Gasteiger partial charge in [0.2, 0.25) is 0 Å². The number of hydrogen-bond acceptors (Lipinski definition) is 9. The number of aromatic nitrogens is 3. The number of pyridine rings is 1. The van der Waals surface area contributed by atoms with E-state index < -0.39 is 31.0 Å². The number of anilines is 1. The third-order valence-electron chi connectivity index (χ3n) is 3.69. The standard InChI is InChI=1S/C13H16N4O5S/c14-12-6-1-2-9(19)17(13(6)16-5-15-12)23-4-8-11(21)10(20)7(3-18)22-8/h1-2,5,7-8,10-11,18,20-21H,3-4H2,(H2,14,15,16). The maximum absolute atomic E-state index is 12.1. The van der Waals surface area contributed by atoms with Crippen LogP contribution >= 0.6 is 11.9 Å². The van der Waals surface area contributed by atoms with Gasteiger partial charge in [-0.25, -0.2) is 13.9 Å². The molecule has 4 unspecified atom stereocenters. The highest BCUT2D eigenvalue weighted by Crippen LogP contribution is 2.25. The van der Waals surface area contributed by atoms with Crippen LogP contribution in [0.25, 0.3) is 11.0 Å². The van der Waals surface area contributed by atoms with Crippen molar-refractivity contribution in [2.75, 3.05) is 18.1 Å². The first kappa shape index (κ1) is 16.1. The van der Waals surface area contributed by atoms with Crippen LogP contribution in [-0.2, 0) is 4.74 Å². The first-order chi connectivity index (χ1) is 11.0. The van der Waals surface area contributed by atoms with Crippen molar-refractivity contribution in [3.8, 4) is 0 Å². The Hall–Kier alpha value is -1.72. The number of ether oxygens (including phenoxy) is 1. The summed E-state index contributed by atoms with van der Waals surface area (Å²) >= 11 is 1.08. The van der Waals surface area contributed by atoms with Gasteiger partial charge in [-0.2, -0.15) is 0 Å². The zero-order valence-corrected chi connectivity index (χ0v) is 12.8. The second-order valence-corrected chi connectivity index (χ2v) is 6.09. The Morgan fingerprint density at radius 3 is 2.70 bits per heavy atom. The van der Waals surface area contributed by atoms with E-state index in [-0.39, 0.29) is 17.1 Å². The molecule has 23 heavy (non-hydrogen) atoms. The van der Waals surface area contributed by atoms with E-state index in [0.717, 1.165) is 11.9 Å². The quantitative estimate of drug-likeness (QED) is 0.514. The molecule has 1 fully saturated rings. The molecule has 1 aliphatic rings. The maximum atomic E-state index is 12.1. The SMILES string of the molecule is Nc1ncnc2c1ccc(=O)n2SCC1OC(CO)C(O)C1O. The van der Waals surface area contributed by atoms with E-state index in [0.29, 0.717) is 11.0 Å². The minimum atomic E-state index is -1.16. The Balaban J connectivity index is 1.84. The fourth-order valence-electron chi connectivity index (χ4n) is 2.43. The molecule has 0 bridgehead atoms. The molecule has 0 spiro atoms. The molecule has 0 aliphatic carbocycles.